The van der Waals surface area contributed by atoms with Crippen LogP contribution in [0.2, 0.25) is 0 Å². The van der Waals surface area contributed by atoms with Gasteiger partial charge in [-0.25, -0.2) is 0 Å². The van der Waals surface area contributed by atoms with Crippen molar-refractivity contribution in [3.63, 3.8) is 0 Å². The molecule has 1 fully saturated rings. The molecule has 1 unspecified atom stereocenters. The maximum Gasteiger partial charge on any atom is 0.406 e. The van der Waals surface area contributed by atoms with Crippen LogP contribution in [-0.4, -0.2) is 35.6 Å². The summed E-state index contributed by atoms with van der Waals surface area (Å²) in [4.78, 5) is 13.1. The quantitative estimate of drug-likeness (QED) is 0.812. The van der Waals surface area contributed by atoms with Crippen LogP contribution in [0.4, 0.5) is 13.2 Å². The predicted octanol–water partition coefficient (Wildman–Crippen LogP) is 2.55. The fraction of sp³-hybridized carbons (Fsp3) is 0.923. The maximum absolute atomic E-state index is 12.6. The fourth-order valence-corrected chi connectivity index (χ4v) is 2.14. The molecule has 1 aliphatic carbocycles. The van der Waals surface area contributed by atoms with Gasteiger partial charge in [0.15, 0.2) is 0 Å². The Hall–Kier alpha value is -0.780. The number of nitrogens with zero attached hydrogens (tertiary/aromatic N) is 1. The van der Waals surface area contributed by atoms with Crippen LogP contribution in [0.1, 0.15) is 40.0 Å². The molecule has 2 N–H and O–H groups in total. The molecule has 0 aromatic carbocycles. The summed E-state index contributed by atoms with van der Waals surface area (Å²) in [5, 5.41) is 0. The minimum Gasteiger partial charge on any atom is -0.329 e. The average molecular weight is 280 g/mol. The molecule has 0 radical (unpaired) electrons. The third-order valence-electron chi connectivity index (χ3n) is 3.97. The normalized spacial score (nSPS) is 20.8. The maximum atomic E-state index is 12.6. The van der Waals surface area contributed by atoms with Crippen LogP contribution in [0.25, 0.3) is 0 Å². The van der Waals surface area contributed by atoms with Crippen molar-refractivity contribution in [2.75, 3.05) is 6.54 Å². The van der Waals surface area contributed by atoms with Gasteiger partial charge in [0, 0.05) is 6.04 Å². The molecule has 3 atom stereocenters. The van der Waals surface area contributed by atoms with Gasteiger partial charge >= 0.3 is 6.18 Å². The summed E-state index contributed by atoms with van der Waals surface area (Å²) in [7, 11) is 0. The SMILES string of the molecule is CC[C@H](C)[C@H](N)C(=O)N(CC(F)(F)F)C(C)C1CC1. The van der Waals surface area contributed by atoms with E-state index in [2.05, 4.69) is 0 Å². The number of amides is 1. The molecule has 0 heterocycles. The Kier molecular flexibility index (Phi) is 5.24. The smallest absolute Gasteiger partial charge is 0.329 e. The minimum absolute atomic E-state index is 0.116. The van der Waals surface area contributed by atoms with Crippen LogP contribution < -0.4 is 5.73 Å². The molecule has 0 spiro atoms. The van der Waals surface area contributed by atoms with Crippen LogP contribution in [-0.2, 0) is 4.79 Å². The molecule has 1 saturated carbocycles. The predicted molar refractivity (Wildman–Crippen MR) is 67.4 cm³/mol. The molecule has 0 aliphatic heterocycles. The van der Waals surface area contributed by atoms with E-state index in [1.54, 1.807) is 13.8 Å². The van der Waals surface area contributed by atoms with E-state index in [-0.39, 0.29) is 17.9 Å². The van der Waals surface area contributed by atoms with Gasteiger partial charge in [-0.2, -0.15) is 13.2 Å². The Labute approximate surface area is 112 Å². The van der Waals surface area contributed by atoms with Gasteiger partial charge in [-0.05, 0) is 31.6 Å². The number of nitrogens with two attached hydrogens (primary N) is 1. The van der Waals surface area contributed by atoms with Gasteiger partial charge in [0.2, 0.25) is 5.91 Å². The topological polar surface area (TPSA) is 46.3 Å². The lowest BCUT2D eigenvalue weighted by Crippen LogP contribution is -2.53. The molecule has 3 nitrogen and oxygen atoms in total. The highest BCUT2D eigenvalue weighted by Crippen LogP contribution is 2.36. The summed E-state index contributed by atoms with van der Waals surface area (Å²) < 4.78 is 37.9. The van der Waals surface area contributed by atoms with Crippen LogP contribution in [0.5, 0.6) is 0 Å². The number of alkyl halides is 3. The van der Waals surface area contributed by atoms with E-state index in [1.165, 1.54) is 0 Å². The lowest BCUT2D eigenvalue weighted by atomic mass is 9.98. The molecule has 112 valence electrons. The van der Waals surface area contributed by atoms with Crippen molar-refractivity contribution < 1.29 is 18.0 Å². The molecule has 1 aliphatic rings. The summed E-state index contributed by atoms with van der Waals surface area (Å²) in [5.74, 6) is -0.504. The van der Waals surface area contributed by atoms with Crippen molar-refractivity contribution >= 4 is 5.91 Å². The third kappa shape index (κ3) is 4.67. The summed E-state index contributed by atoms with van der Waals surface area (Å²) in [6, 6.07) is -1.24. The standard InChI is InChI=1S/C13H23F3N2O/c1-4-8(2)11(17)12(19)18(7-13(14,15)16)9(3)10-5-6-10/h8-11H,4-7,17H2,1-3H3/t8-,9?,11-/m0/s1. The number of carbonyl (C=O) groups excluding carboxylic acids is 1. The number of hydrogen-bond donors (Lipinski definition) is 1. The van der Waals surface area contributed by atoms with Crippen LogP contribution in [0, 0.1) is 11.8 Å². The highest BCUT2D eigenvalue weighted by atomic mass is 19.4. The second-order valence-electron chi connectivity index (χ2n) is 5.57. The van der Waals surface area contributed by atoms with E-state index in [1.807, 2.05) is 6.92 Å². The van der Waals surface area contributed by atoms with Crippen molar-refractivity contribution in [1.82, 2.24) is 4.90 Å². The second kappa shape index (κ2) is 6.11. The zero-order chi connectivity index (χ0) is 14.8. The molecule has 0 saturated heterocycles. The average Bonchev–Trinajstić information content (AvgIpc) is 3.15. The first kappa shape index (κ1) is 16.3. The number of carbonyl (C=O) groups is 1. The Morgan fingerprint density at radius 2 is 1.89 bits per heavy atom. The zero-order valence-electron chi connectivity index (χ0n) is 11.7. The van der Waals surface area contributed by atoms with Gasteiger partial charge in [-0.1, -0.05) is 20.3 Å². The summed E-state index contributed by atoms with van der Waals surface area (Å²) in [5.41, 5.74) is 5.79. The monoisotopic (exact) mass is 280 g/mol. The first-order valence-electron chi connectivity index (χ1n) is 6.80. The lowest BCUT2D eigenvalue weighted by Gasteiger charge is -2.33. The van der Waals surface area contributed by atoms with E-state index < -0.39 is 24.7 Å². The molecule has 0 aromatic heterocycles. The molecule has 1 amide bonds. The zero-order valence-corrected chi connectivity index (χ0v) is 11.7. The molecule has 1 rings (SSSR count). The largest absolute Gasteiger partial charge is 0.406 e. The van der Waals surface area contributed by atoms with E-state index >= 15 is 0 Å². The van der Waals surface area contributed by atoms with Crippen molar-refractivity contribution in [2.45, 2.75) is 58.3 Å². The van der Waals surface area contributed by atoms with E-state index in [0.29, 0.717) is 6.42 Å². The van der Waals surface area contributed by atoms with Gasteiger partial charge in [0.25, 0.3) is 0 Å². The van der Waals surface area contributed by atoms with Gasteiger partial charge in [-0.15, -0.1) is 0 Å². The molecule has 19 heavy (non-hydrogen) atoms. The first-order valence-corrected chi connectivity index (χ1v) is 6.80. The molecule has 0 aromatic rings. The fourth-order valence-electron chi connectivity index (χ4n) is 2.14. The summed E-state index contributed by atoms with van der Waals surface area (Å²) in [6.45, 7) is 4.14. The molecular formula is C13H23F3N2O. The number of halogens is 3. The van der Waals surface area contributed by atoms with Gasteiger partial charge < -0.3 is 10.6 Å². The van der Waals surface area contributed by atoms with Gasteiger partial charge in [0.1, 0.15) is 6.54 Å². The molecule has 6 heteroatoms. The summed E-state index contributed by atoms with van der Waals surface area (Å²) in [6.07, 6.45) is -1.93. The Bertz CT molecular complexity index is 316. The lowest BCUT2D eigenvalue weighted by molar-refractivity contribution is -0.167. The van der Waals surface area contributed by atoms with Crippen LogP contribution >= 0.6 is 0 Å². The van der Waals surface area contributed by atoms with Crippen molar-refractivity contribution in [1.29, 1.82) is 0 Å². The number of hydrogen-bond acceptors (Lipinski definition) is 2. The van der Waals surface area contributed by atoms with Crippen molar-refractivity contribution in [2.24, 2.45) is 17.6 Å². The minimum atomic E-state index is -4.38. The Morgan fingerprint density at radius 3 is 2.26 bits per heavy atom. The third-order valence-corrected chi connectivity index (χ3v) is 3.97. The second-order valence-corrected chi connectivity index (χ2v) is 5.57. The van der Waals surface area contributed by atoms with E-state index in [9.17, 15) is 18.0 Å². The van der Waals surface area contributed by atoms with Crippen LogP contribution in [0.3, 0.4) is 0 Å². The Balaban J connectivity index is 2.79. The molecular weight excluding hydrogens is 257 g/mol. The van der Waals surface area contributed by atoms with E-state index in [0.717, 1.165) is 17.7 Å². The summed E-state index contributed by atoms with van der Waals surface area (Å²) >= 11 is 0. The molecule has 0 bridgehead atoms. The highest BCUT2D eigenvalue weighted by Gasteiger charge is 2.42. The van der Waals surface area contributed by atoms with Gasteiger partial charge in [-0.3, -0.25) is 4.79 Å². The van der Waals surface area contributed by atoms with Gasteiger partial charge in [0.05, 0.1) is 6.04 Å². The van der Waals surface area contributed by atoms with Crippen LogP contribution in [0.15, 0.2) is 0 Å². The van der Waals surface area contributed by atoms with Crippen molar-refractivity contribution in [3.05, 3.63) is 0 Å². The Morgan fingerprint density at radius 1 is 1.37 bits per heavy atom. The van der Waals surface area contributed by atoms with E-state index in [4.69, 9.17) is 5.73 Å². The first-order chi connectivity index (χ1) is 8.67. The number of rotatable bonds is 6. The highest BCUT2D eigenvalue weighted by molar-refractivity contribution is 5.82. The van der Waals surface area contributed by atoms with Crippen molar-refractivity contribution in [3.8, 4) is 0 Å².